The normalized spacial score (nSPS) is 12.5. The summed E-state index contributed by atoms with van der Waals surface area (Å²) >= 11 is 1.76. The summed E-state index contributed by atoms with van der Waals surface area (Å²) in [6.45, 7) is 2.38. The molecular weight excluding hydrogens is 225 g/mol. The van der Waals surface area contributed by atoms with Gasteiger partial charge in [-0.1, -0.05) is 6.07 Å². The Kier molecular flexibility index (Phi) is 5.63. The highest BCUT2D eigenvalue weighted by molar-refractivity contribution is 7.98. The number of nitrogens with two attached hydrogens (primary N) is 1. The average molecular weight is 243 g/mol. The van der Waals surface area contributed by atoms with Crippen LogP contribution in [-0.2, 0) is 0 Å². The van der Waals surface area contributed by atoms with E-state index in [0.717, 1.165) is 17.7 Å². The van der Waals surface area contributed by atoms with E-state index in [4.69, 9.17) is 10.5 Å². The fraction of sp³-hybridized carbons (Fsp3) is 0.500. The van der Waals surface area contributed by atoms with E-state index in [9.17, 15) is 4.39 Å². The third-order valence-electron chi connectivity index (χ3n) is 2.23. The van der Waals surface area contributed by atoms with Crippen LogP contribution in [0.3, 0.4) is 0 Å². The van der Waals surface area contributed by atoms with Crippen LogP contribution in [0.2, 0.25) is 0 Å². The van der Waals surface area contributed by atoms with E-state index in [1.54, 1.807) is 23.9 Å². The molecule has 2 nitrogen and oxygen atoms in total. The maximum atomic E-state index is 13.5. The Morgan fingerprint density at radius 3 is 2.81 bits per heavy atom. The molecule has 1 rings (SSSR count). The van der Waals surface area contributed by atoms with Crippen molar-refractivity contribution in [3.8, 4) is 5.75 Å². The number of hydrogen-bond acceptors (Lipinski definition) is 3. The number of benzene rings is 1. The summed E-state index contributed by atoms with van der Waals surface area (Å²) in [5.74, 6) is 1.00. The second kappa shape index (κ2) is 6.76. The first-order chi connectivity index (χ1) is 7.65. The molecule has 4 heteroatoms. The van der Waals surface area contributed by atoms with Gasteiger partial charge in [0.25, 0.3) is 0 Å². The van der Waals surface area contributed by atoms with Crippen molar-refractivity contribution in [1.82, 2.24) is 0 Å². The summed E-state index contributed by atoms with van der Waals surface area (Å²) in [6.07, 6.45) is 2.97. The van der Waals surface area contributed by atoms with Gasteiger partial charge in [0.1, 0.15) is 0 Å². The minimum absolute atomic E-state index is 0.153. The molecule has 0 amide bonds. The third-order valence-corrected chi connectivity index (χ3v) is 2.93. The standard InChI is InChI=1S/C12H18FNOS/c1-9(14)10-4-5-12(11(13)8-10)15-6-3-7-16-2/h4-5,8-9H,3,6-7,14H2,1-2H3. The van der Waals surface area contributed by atoms with Crippen molar-refractivity contribution in [3.05, 3.63) is 29.6 Å². The Hall–Kier alpha value is -0.740. The molecule has 2 N–H and O–H groups in total. The van der Waals surface area contributed by atoms with Gasteiger partial charge in [-0.25, -0.2) is 4.39 Å². The van der Waals surface area contributed by atoms with Crippen LogP contribution in [0.25, 0.3) is 0 Å². The summed E-state index contributed by atoms with van der Waals surface area (Å²) in [5.41, 5.74) is 6.45. The first-order valence-corrected chi connectivity index (χ1v) is 6.71. The number of hydrogen-bond donors (Lipinski definition) is 1. The predicted molar refractivity (Wildman–Crippen MR) is 67.5 cm³/mol. The molecule has 1 aromatic rings. The molecule has 0 aliphatic heterocycles. The number of thioether (sulfide) groups is 1. The van der Waals surface area contributed by atoms with E-state index in [2.05, 4.69) is 0 Å². The van der Waals surface area contributed by atoms with Crippen LogP contribution in [0.1, 0.15) is 24.9 Å². The minimum Gasteiger partial charge on any atom is -0.490 e. The van der Waals surface area contributed by atoms with Crippen molar-refractivity contribution in [2.75, 3.05) is 18.6 Å². The highest BCUT2D eigenvalue weighted by Crippen LogP contribution is 2.21. The van der Waals surface area contributed by atoms with Crippen LogP contribution >= 0.6 is 11.8 Å². The molecule has 0 aromatic heterocycles. The third kappa shape index (κ3) is 4.02. The van der Waals surface area contributed by atoms with Crippen molar-refractivity contribution < 1.29 is 9.13 Å². The van der Waals surface area contributed by atoms with Crippen LogP contribution in [0, 0.1) is 5.82 Å². The van der Waals surface area contributed by atoms with E-state index in [0.29, 0.717) is 12.4 Å². The van der Waals surface area contributed by atoms with Crippen LogP contribution < -0.4 is 10.5 Å². The lowest BCUT2D eigenvalue weighted by Gasteiger charge is -2.10. The monoisotopic (exact) mass is 243 g/mol. The Morgan fingerprint density at radius 1 is 1.50 bits per heavy atom. The molecule has 0 saturated heterocycles. The lowest BCUT2D eigenvalue weighted by Crippen LogP contribution is -2.06. The van der Waals surface area contributed by atoms with Crippen LogP contribution in [0.15, 0.2) is 18.2 Å². The molecule has 0 heterocycles. The van der Waals surface area contributed by atoms with Crippen molar-refractivity contribution in [3.63, 3.8) is 0 Å². The molecular formula is C12H18FNOS. The summed E-state index contributed by atoms with van der Waals surface area (Å²) in [7, 11) is 0. The lowest BCUT2D eigenvalue weighted by molar-refractivity contribution is 0.302. The van der Waals surface area contributed by atoms with E-state index in [-0.39, 0.29) is 11.9 Å². The molecule has 0 saturated carbocycles. The first-order valence-electron chi connectivity index (χ1n) is 5.32. The molecule has 0 spiro atoms. The molecule has 0 fully saturated rings. The Balaban J connectivity index is 2.54. The minimum atomic E-state index is -0.334. The number of rotatable bonds is 6. The molecule has 90 valence electrons. The van der Waals surface area contributed by atoms with Gasteiger partial charge in [0.2, 0.25) is 0 Å². The highest BCUT2D eigenvalue weighted by Gasteiger charge is 2.06. The van der Waals surface area contributed by atoms with Gasteiger partial charge in [0.05, 0.1) is 6.61 Å². The molecule has 1 atom stereocenters. The molecule has 1 aromatic carbocycles. The van der Waals surface area contributed by atoms with Gasteiger partial charge in [-0.15, -0.1) is 0 Å². The molecule has 1 unspecified atom stereocenters. The van der Waals surface area contributed by atoms with E-state index >= 15 is 0 Å². The molecule has 0 bridgehead atoms. The summed E-state index contributed by atoms with van der Waals surface area (Å²) < 4.78 is 18.9. The molecule has 0 aliphatic rings. The van der Waals surface area contributed by atoms with Gasteiger partial charge in [-0.3, -0.25) is 0 Å². The van der Waals surface area contributed by atoms with Crippen molar-refractivity contribution >= 4 is 11.8 Å². The van der Waals surface area contributed by atoms with E-state index in [1.807, 2.05) is 13.2 Å². The highest BCUT2D eigenvalue weighted by atomic mass is 32.2. The van der Waals surface area contributed by atoms with E-state index < -0.39 is 0 Å². The quantitative estimate of drug-likeness (QED) is 0.780. The Morgan fingerprint density at radius 2 is 2.25 bits per heavy atom. The van der Waals surface area contributed by atoms with Gasteiger partial charge in [0.15, 0.2) is 11.6 Å². The average Bonchev–Trinajstić information content (AvgIpc) is 2.26. The summed E-state index contributed by atoms with van der Waals surface area (Å²) in [6, 6.07) is 4.74. The second-order valence-corrected chi connectivity index (χ2v) is 4.66. The largest absolute Gasteiger partial charge is 0.490 e. The molecule has 16 heavy (non-hydrogen) atoms. The van der Waals surface area contributed by atoms with Gasteiger partial charge >= 0.3 is 0 Å². The fourth-order valence-electron chi connectivity index (χ4n) is 1.30. The molecule has 0 radical (unpaired) electrons. The van der Waals surface area contributed by atoms with Gasteiger partial charge in [-0.2, -0.15) is 11.8 Å². The van der Waals surface area contributed by atoms with Crippen LogP contribution in [0.4, 0.5) is 4.39 Å². The van der Waals surface area contributed by atoms with Crippen LogP contribution in [0.5, 0.6) is 5.75 Å². The second-order valence-electron chi connectivity index (χ2n) is 3.67. The lowest BCUT2D eigenvalue weighted by atomic mass is 10.1. The topological polar surface area (TPSA) is 35.2 Å². The number of ether oxygens (including phenoxy) is 1. The predicted octanol–water partition coefficient (Wildman–Crippen LogP) is 2.98. The van der Waals surface area contributed by atoms with Crippen molar-refractivity contribution in [2.45, 2.75) is 19.4 Å². The number of halogens is 1. The zero-order valence-electron chi connectivity index (χ0n) is 9.70. The Labute approximate surface area is 100 Å². The van der Waals surface area contributed by atoms with Crippen molar-refractivity contribution in [1.29, 1.82) is 0 Å². The molecule has 0 aliphatic carbocycles. The van der Waals surface area contributed by atoms with Gasteiger partial charge < -0.3 is 10.5 Å². The van der Waals surface area contributed by atoms with Crippen molar-refractivity contribution in [2.24, 2.45) is 5.73 Å². The zero-order chi connectivity index (χ0) is 12.0. The maximum absolute atomic E-state index is 13.5. The van der Waals surface area contributed by atoms with E-state index in [1.165, 1.54) is 6.07 Å². The zero-order valence-corrected chi connectivity index (χ0v) is 10.5. The summed E-state index contributed by atoms with van der Waals surface area (Å²) in [4.78, 5) is 0. The summed E-state index contributed by atoms with van der Waals surface area (Å²) in [5, 5.41) is 0. The Bertz CT molecular complexity index is 331. The maximum Gasteiger partial charge on any atom is 0.165 e. The SMILES string of the molecule is CSCCCOc1ccc(C(C)N)cc1F. The van der Waals surface area contributed by atoms with Gasteiger partial charge in [-0.05, 0) is 43.0 Å². The first kappa shape index (κ1) is 13.3. The van der Waals surface area contributed by atoms with Crippen LogP contribution in [-0.4, -0.2) is 18.6 Å². The smallest absolute Gasteiger partial charge is 0.165 e. The fourth-order valence-corrected chi connectivity index (χ4v) is 1.71. The van der Waals surface area contributed by atoms with Gasteiger partial charge in [0, 0.05) is 6.04 Å².